The van der Waals surface area contributed by atoms with Crippen LogP contribution in [0.15, 0.2) is 22.8 Å². The lowest BCUT2D eigenvalue weighted by Gasteiger charge is -2.42. The number of fused-ring (bicyclic) bond motifs is 1. The molecule has 2 fully saturated rings. The molecule has 0 aromatic heterocycles. The van der Waals surface area contributed by atoms with Gasteiger partial charge in [0.25, 0.3) is 0 Å². The molecule has 3 aliphatic carbocycles. The van der Waals surface area contributed by atoms with E-state index in [1.165, 1.54) is 51.4 Å². The van der Waals surface area contributed by atoms with Crippen LogP contribution in [0, 0.1) is 45.8 Å². The highest BCUT2D eigenvalue weighted by Gasteiger charge is 2.40. The van der Waals surface area contributed by atoms with Gasteiger partial charge >= 0.3 is 0 Å². The summed E-state index contributed by atoms with van der Waals surface area (Å²) in [4.78, 5) is 0. The summed E-state index contributed by atoms with van der Waals surface area (Å²) >= 11 is 0. The summed E-state index contributed by atoms with van der Waals surface area (Å²) in [6.45, 7) is 28.8. The van der Waals surface area contributed by atoms with Crippen LogP contribution in [0.3, 0.4) is 0 Å². The van der Waals surface area contributed by atoms with Crippen LogP contribution in [0.25, 0.3) is 0 Å². The van der Waals surface area contributed by atoms with Gasteiger partial charge in [0, 0.05) is 0 Å². The standard InChI is InChI=1S/C19H32.C13H26/c1-12(2)15-10-17-13(3)8-16(19(5,6)7)9-14(4)18(17)11-15;1-11-7-6-9-13(5,10-8-11)12(2,3)4/h8,14,16-18H,9-11H2,1-7H3;11H,6-10H2,1-5H3. The molecule has 6 atom stereocenters. The predicted molar refractivity (Wildman–Crippen MR) is 145 cm³/mol. The van der Waals surface area contributed by atoms with Gasteiger partial charge in [0.15, 0.2) is 0 Å². The molecule has 3 aliphatic rings. The summed E-state index contributed by atoms with van der Waals surface area (Å²) < 4.78 is 0. The minimum atomic E-state index is 0.410. The molecule has 0 N–H and O–H groups in total. The minimum absolute atomic E-state index is 0.410. The summed E-state index contributed by atoms with van der Waals surface area (Å²) in [7, 11) is 0. The zero-order valence-electron chi connectivity index (χ0n) is 24.1. The average Bonchev–Trinajstić information content (AvgIpc) is 2.97. The third-order valence-corrected chi connectivity index (χ3v) is 10.1. The second-order valence-electron chi connectivity index (χ2n) is 14.7. The first-order valence-corrected chi connectivity index (χ1v) is 13.9. The van der Waals surface area contributed by atoms with E-state index in [-0.39, 0.29) is 0 Å². The lowest BCUT2D eigenvalue weighted by Crippen LogP contribution is -2.32. The van der Waals surface area contributed by atoms with Gasteiger partial charge in [-0.05, 0) is 98.7 Å². The average molecular weight is 443 g/mol. The van der Waals surface area contributed by atoms with Gasteiger partial charge in [-0.2, -0.15) is 0 Å². The number of rotatable bonds is 0. The molecular weight excluding hydrogens is 384 g/mol. The Morgan fingerprint density at radius 3 is 2.09 bits per heavy atom. The van der Waals surface area contributed by atoms with Gasteiger partial charge in [0.1, 0.15) is 0 Å². The van der Waals surface area contributed by atoms with E-state index in [4.69, 9.17) is 0 Å². The van der Waals surface area contributed by atoms with Crippen LogP contribution in [-0.4, -0.2) is 0 Å². The van der Waals surface area contributed by atoms with Gasteiger partial charge in [-0.3, -0.25) is 0 Å². The van der Waals surface area contributed by atoms with Crippen molar-refractivity contribution in [2.24, 2.45) is 45.8 Å². The number of hydrogen-bond donors (Lipinski definition) is 0. The molecule has 2 saturated carbocycles. The van der Waals surface area contributed by atoms with Crippen molar-refractivity contribution in [1.82, 2.24) is 0 Å². The van der Waals surface area contributed by atoms with E-state index >= 15 is 0 Å². The van der Waals surface area contributed by atoms with E-state index in [1.807, 2.05) is 0 Å². The monoisotopic (exact) mass is 442 g/mol. The van der Waals surface area contributed by atoms with Crippen LogP contribution in [0.5, 0.6) is 0 Å². The van der Waals surface area contributed by atoms with Gasteiger partial charge in [0.2, 0.25) is 0 Å². The van der Waals surface area contributed by atoms with E-state index in [9.17, 15) is 0 Å². The molecule has 6 unspecified atom stereocenters. The zero-order valence-corrected chi connectivity index (χ0v) is 24.1. The molecule has 3 rings (SSSR count). The molecule has 0 saturated heterocycles. The van der Waals surface area contributed by atoms with Crippen molar-refractivity contribution < 1.29 is 0 Å². The van der Waals surface area contributed by atoms with Crippen molar-refractivity contribution in [3.8, 4) is 0 Å². The second-order valence-corrected chi connectivity index (χ2v) is 14.7. The van der Waals surface area contributed by atoms with Crippen molar-refractivity contribution in [3.63, 3.8) is 0 Å². The third kappa shape index (κ3) is 6.76. The summed E-state index contributed by atoms with van der Waals surface area (Å²) in [5, 5.41) is 0. The van der Waals surface area contributed by atoms with Crippen molar-refractivity contribution in [2.45, 2.75) is 134 Å². The Hall–Kier alpha value is -0.520. The number of allylic oxidation sites excluding steroid dienone is 4. The fourth-order valence-electron chi connectivity index (χ4n) is 6.54. The maximum Gasteiger partial charge on any atom is -0.0135 e. The smallest absolute Gasteiger partial charge is 0.0135 e. The van der Waals surface area contributed by atoms with E-state index in [0.717, 1.165) is 29.6 Å². The molecule has 32 heavy (non-hydrogen) atoms. The van der Waals surface area contributed by atoms with Gasteiger partial charge < -0.3 is 0 Å². The van der Waals surface area contributed by atoms with Crippen LogP contribution in [0.4, 0.5) is 0 Å². The number of hydrogen-bond acceptors (Lipinski definition) is 0. The summed E-state index contributed by atoms with van der Waals surface area (Å²) in [5.41, 5.74) is 6.46. The maximum atomic E-state index is 2.62. The Labute approximate surface area is 203 Å². The lowest BCUT2D eigenvalue weighted by atomic mass is 9.64. The third-order valence-electron chi connectivity index (χ3n) is 10.1. The van der Waals surface area contributed by atoms with Gasteiger partial charge in [-0.25, -0.2) is 0 Å². The van der Waals surface area contributed by atoms with Crippen LogP contribution < -0.4 is 0 Å². The van der Waals surface area contributed by atoms with Crippen LogP contribution >= 0.6 is 0 Å². The highest BCUT2D eigenvalue weighted by atomic mass is 14.5. The Morgan fingerprint density at radius 1 is 0.938 bits per heavy atom. The van der Waals surface area contributed by atoms with Crippen molar-refractivity contribution in [1.29, 1.82) is 0 Å². The summed E-state index contributed by atoms with van der Waals surface area (Å²) in [6.07, 6.45) is 13.9. The van der Waals surface area contributed by atoms with E-state index < -0.39 is 0 Å². The van der Waals surface area contributed by atoms with Gasteiger partial charge in [0.05, 0.1) is 0 Å². The van der Waals surface area contributed by atoms with E-state index in [2.05, 4.69) is 89.2 Å². The Balaban J connectivity index is 0.000000244. The van der Waals surface area contributed by atoms with Gasteiger partial charge in [-0.15, -0.1) is 0 Å². The molecule has 186 valence electrons. The molecule has 0 aromatic carbocycles. The highest BCUT2D eigenvalue weighted by molar-refractivity contribution is 5.25. The van der Waals surface area contributed by atoms with E-state index in [1.54, 1.807) is 16.7 Å². The first-order valence-electron chi connectivity index (χ1n) is 13.9. The quantitative estimate of drug-likeness (QED) is 0.258. The summed E-state index contributed by atoms with van der Waals surface area (Å²) in [5.74, 6) is 4.30. The first kappa shape index (κ1) is 27.7. The molecular formula is C32H58. The molecule has 0 aliphatic heterocycles. The maximum absolute atomic E-state index is 2.62. The van der Waals surface area contributed by atoms with Gasteiger partial charge in [-0.1, -0.05) is 104 Å². The fourth-order valence-corrected chi connectivity index (χ4v) is 6.54. The summed E-state index contributed by atoms with van der Waals surface area (Å²) in [6, 6.07) is 0. The molecule has 0 bridgehead atoms. The molecule has 0 heterocycles. The molecule has 0 aromatic rings. The second kappa shape index (κ2) is 10.4. The minimum Gasteiger partial charge on any atom is -0.0817 e. The normalized spacial score (nSPS) is 36.3. The fraction of sp³-hybridized carbons (Fsp3) is 0.875. The molecule has 0 spiro atoms. The topological polar surface area (TPSA) is 0 Å². The van der Waals surface area contributed by atoms with Crippen LogP contribution in [-0.2, 0) is 0 Å². The molecule has 0 radical (unpaired) electrons. The van der Waals surface area contributed by atoms with Crippen molar-refractivity contribution in [2.75, 3.05) is 0 Å². The molecule has 0 nitrogen and oxygen atoms in total. The largest absolute Gasteiger partial charge is 0.0817 e. The van der Waals surface area contributed by atoms with Crippen molar-refractivity contribution >= 4 is 0 Å². The SMILES string of the molecule is CC1=CC(C(C)(C)C)CC(C)C2CC(=C(C)C)CC12.CC1CCCC(C)(C(C)(C)C)CC1. The molecule has 0 amide bonds. The lowest BCUT2D eigenvalue weighted by molar-refractivity contribution is 0.0866. The Morgan fingerprint density at radius 2 is 1.56 bits per heavy atom. The first-order chi connectivity index (χ1) is 14.5. The highest BCUT2D eigenvalue weighted by Crippen LogP contribution is 2.51. The van der Waals surface area contributed by atoms with E-state index in [0.29, 0.717) is 16.2 Å². The Bertz CT molecular complexity index is 672. The van der Waals surface area contributed by atoms with Crippen molar-refractivity contribution in [3.05, 3.63) is 22.8 Å². The predicted octanol–water partition coefficient (Wildman–Crippen LogP) is 10.6. The molecule has 0 heteroatoms. The Kier molecular flexibility index (Phi) is 9.01. The van der Waals surface area contributed by atoms with Crippen LogP contribution in [0.1, 0.15) is 134 Å². The zero-order chi connectivity index (χ0) is 24.5. The van der Waals surface area contributed by atoms with Crippen LogP contribution in [0.2, 0.25) is 0 Å².